The Hall–Kier alpha value is -2.71. The normalized spacial score (nSPS) is 18.4. The zero-order valence-electron chi connectivity index (χ0n) is 15.8. The Morgan fingerprint density at radius 2 is 2.00 bits per heavy atom. The van der Waals surface area contributed by atoms with Gasteiger partial charge in [0.1, 0.15) is 6.04 Å². The zero-order valence-corrected chi connectivity index (χ0v) is 15.8. The van der Waals surface area contributed by atoms with Gasteiger partial charge in [-0.1, -0.05) is 30.3 Å². The summed E-state index contributed by atoms with van der Waals surface area (Å²) in [5.74, 6) is -0.577. The highest BCUT2D eigenvalue weighted by atomic mass is 16.2. The fraction of sp³-hybridized carbons (Fsp3) is 0.421. The molecule has 0 saturated carbocycles. The summed E-state index contributed by atoms with van der Waals surface area (Å²) in [6, 6.07) is 9.63. The van der Waals surface area contributed by atoms with E-state index in [1.54, 1.807) is 17.9 Å². The molecule has 1 aliphatic heterocycles. The number of rotatable bonds is 6. The smallest absolute Gasteiger partial charge is 0.238 e. The number of nitrogens with two attached hydrogens (primary N) is 1. The van der Waals surface area contributed by atoms with E-state index in [0.29, 0.717) is 18.8 Å². The molecule has 8 nitrogen and oxygen atoms in total. The molecule has 1 aliphatic rings. The number of nitrogens with zero attached hydrogens (tertiary/aromatic N) is 4. The third-order valence-electron chi connectivity index (χ3n) is 4.79. The Morgan fingerprint density at radius 1 is 1.26 bits per heavy atom. The van der Waals surface area contributed by atoms with Crippen LogP contribution in [0, 0.1) is 6.92 Å². The average Bonchev–Trinajstić information content (AvgIpc) is 2.94. The van der Waals surface area contributed by atoms with Crippen molar-refractivity contribution in [1.82, 2.24) is 19.6 Å². The van der Waals surface area contributed by atoms with Crippen molar-refractivity contribution >= 4 is 17.5 Å². The molecule has 0 radical (unpaired) electrons. The van der Waals surface area contributed by atoms with E-state index < -0.39 is 11.9 Å². The lowest BCUT2D eigenvalue weighted by molar-refractivity contribution is -0.127. The van der Waals surface area contributed by atoms with Crippen LogP contribution in [0.1, 0.15) is 11.3 Å². The van der Waals surface area contributed by atoms with Gasteiger partial charge in [0.2, 0.25) is 11.8 Å². The number of aromatic nitrogens is 2. The summed E-state index contributed by atoms with van der Waals surface area (Å²) in [4.78, 5) is 28.4. The Kier molecular flexibility index (Phi) is 5.88. The molecular formula is C19H26N6O2. The van der Waals surface area contributed by atoms with E-state index in [0.717, 1.165) is 18.8 Å². The number of anilines is 1. The Labute approximate surface area is 158 Å². The maximum absolute atomic E-state index is 12.4. The number of piperazine rings is 1. The first kappa shape index (κ1) is 19.1. The number of benzene rings is 1. The van der Waals surface area contributed by atoms with Gasteiger partial charge in [0.05, 0.1) is 17.9 Å². The topological polar surface area (TPSA) is 96.5 Å². The van der Waals surface area contributed by atoms with E-state index in [2.05, 4.69) is 27.4 Å². The number of aryl methyl sites for hydroxylation is 2. The summed E-state index contributed by atoms with van der Waals surface area (Å²) < 4.78 is 1.65. The summed E-state index contributed by atoms with van der Waals surface area (Å²) in [6.07, 6.45) is 1.76. The first-order valence-electron chi connectivity index (χ1n) is 9.02. The van der Waals surface area contributed by atoms with Gasteiger partial charge >= 0.3 is 0 Å². The van der Waals surface area contributed by atoms with Gasteiger partial charge in [0.15, 0.2) is 0 Å². The highest BCUT2D eigenvalue weighted by molar-refractivity contribution is 5.93. The molecule has 27 heavy (non-hydrogen) atoms. The van der Waals surface area contributed by atoms with Crippen LogP contribution in [-0.4, -0.2) is 63.6 Å². The van der Waals surface area contributed by atoms with E-state index in [9.17, 15) is 9.59 Å². The Bertz CT molecular complexity index is 804. The summed E-state index contributed by atoms with van der Waals surface area (Å²) >= 11 is 0. The fourth-order valence-corrected chi connectivity index (χ4v) is 3.42. The van der Waals surface area contributed by atoms with Gasteiger partial charge in [-0.05, 0) is 12.5 Å². The largest absolute Gasteiger partial charge is 0.368 e. The van der Waals surface area contributed by atoms with E-state index in [1.807, 2.05) is 30.0 Å². The van der Waals surface area contributed by atoms with Gasteiger partial charge in [-0.25, -0.2) is 0 Å². The lowest BCUT2D eigenvalue weighted by atomic mass is 10.1. The van der Waals surface area contributed by atoms with E-state index in [4.69, 9.17) is 5.73 Å². The van der Waals surface area contributed by atoms with Crippen LogP contribution in [0.2, 0.25) is 0 Å². The minimum atomic E-state index is -0.483. The number of hydrogen-bond acceptors (Lipinski definition) is 5. The van der Waals surface area contributed by atoms with Gasteiger partial charge < -0.3 is 11.1 Å². The molecule has 1 saturated heterocycles. The second-order valence-corrected chi connectivity index (χ2v) is 6.96. The SMILES string of the molecule is Cc1nn(C)cc1NC(=O)CN1CCN(Cc2ccccc2)C[C@@H]1C(N)=O. The predicted molar refractivity (Wildman–Crippen MR) is 103 cm³/mol. The van der Waals surface area contributed by atoms with Gasteiger partial charge in [-0.3, -0.25) is 24.1 Å². The molecule has 1 atom stereocenters. The number of primary amides is 1. The second-order valence-electron chi connectivity index (χ2n) is 6.96. The molecule has 3 N–H and O–H groups in total. The van der Waals surface area contributed by atoms with Crippen molar-refractivity contribution in [3.8, 4) is 0 Å². The number of amides is 2. The molecule has 1 fully saturated rings. The van der Waals surface area contributed by atoms with E-state index in [1.165, 1.54) is 5.56 Å². The number of carbonyl (C=O) groups excluding carboxylic acids is 2. The quantitative estimate of drug-likeness (QED) is 0.764. The molecule has 0 bridgehead atoms. The average molecular weight is 370 g/mol. The van der Waals surface area contributed by atoms with Crippen molar-refractivity contribution in [1.29, 1.82) is 0 Å². The predicted octanol–water partition coefficient (Wildman–Crippen LogP) is 0.339. The Balaban J connectivity index is 1.59. The molecule has 1 aromatic heterocycles. The van der Waals surface area contributed by atoms with Crippen LogP contribution in [0.5, 0.6) is 0 Å². The summed E-state index contributed by atoms with van der Waals surface area (Å²) in [5.41, 5.74) is 8.25. The van der Waals surface area contributed by atoms with Crippen LogP contribution in [0.15, 0.2) is 36.5 Å². The van der Waals surface area contributed by atoms with Crippen molar-refractivity contribution < 1.29 is 9.59 Å². The van der Waals surface area contributed by atoms with Crippen LogP contribution in [0.25, 0.3) is 0 Å². The van der Waals surface area contributed by atoms with Crippen LogP contribution >= 0.6 is 0 Å². The summed E-state index contributed by atoms with van der Waals surface area (Å²) in [5, 5.41) is 7.07. The van der Waals surface area contributed by atoms with Gasteiger partial charge in [0.25, 0.3) is 0 Å². The first-order chi connectivity index (χ1) is 12.9. The number of nitrogens with one attached hydrogen (secondary N) is 1. The number of hydrogen-bond donors (Lipinski definition) is 2. The van der Waals surface area contributed by atoms with Crippen molar-refractivity contribution in [2.45, 2.75) is 19.5 Å². The van der Waals surface area contributed by atoms with Crippen LogP contribution in [0.4, 0.5) is 5.69 Å². The van der Waals surface area contributed by atoms with E-state index >= 15 is 0 Å². The maximum Gasteiger partial charge on any atom is 0.238 e. The van der Waals surface area contributed by atoms with Crippen LogP contribution in [0.3, 0.4) is 0 Å². The first-order valence-corrected chi connectivity index (χ1v) is 9.02. The van der Waals surface area contributed by atoms with Crippen molar-refractivity contribution in [2.75, 3.05) is 31.5 Å². The molecule has 144 valence electrons. The minimum Gasteiger partial charge on any atom is -0.368 e. The summed E-state index contributed by atoms with van der Waals surface area (Å²) in [6.45, 7) is 4.63. The van der Waals surface area contributed by atoms with E-state index in [-0.39, 0.29) is 12.5 Å². The lowest BCUT2D eigenvalue weighted by Gasteiger charge is -2.39. The van der Waals surface area contributed by atoms with Crippen LogP contribution < -0.4 is 11.1 Å². The van der Waals surface area contributed by atoms with Crippen LogP contribution in [-0.2, 0) is 23.2 Å². The third kappa shape index (κ3) is 4.93. The molecule has 2 heterocycles. The van der Waals surface area contributed by atoms with Gasteiger partial charge in [-0.2, -0.15) is 5.10 Å². The molecule has 8 heteroatoms. The standard InChI is InChI=1S/C19H26N6O2/c1-14-16(11-23(2)22-14)21-18(26)13-25-9-8-24(12-17(25)19(20)27)10-15-6-4-3-5-7-15/h3-7,11,17H,8-10,12-13H2,1-2H3,(H2,20,27)(H,21,26)/t17-/m1/s1. The highest BCUT2D eigenvalue weighted by Crippen LogP contribution is 2.15. The monoisotopic (exact) mass is 370 g/mol. The van der Waals surface area contributed by atoms with Crippen molar-refractivity contribution in [2.24, 2.45) is 12.8 Å². The molecule has 2 aromatic rings. The highest BCUT2D eigenvalue weighted by Gasteiger charge is 2.32. The minimum absolute atomic E-state index is 0.126. The molecule has 0 unspecified atom stereocenters. The number of carbonyl (C=O) groups is 2. The lowest BCUT2D eigenvalue weighted by Crippen LogP contribution is -2.59. The van der Waals surface area contributed by atoms with Crippen molar-refractivity contribution in [3.63, 3.8) is 0 Å². The molecule has 0 spiro atoms. The molecule has 3 rings (SSSR count). The zero-order chi connectivity index (χ0) is 19.4. The van der Waals surface area contributed by atoms with Crippen molar-refractivity contribution in [3.05, 3.63) is 47.8 Å². The third-order valence-corrected chi connectivity index (χ3v) is 4.79. The Morgan fingerprint density at radius 3 is 2.63 bits per heavy atom. The maximum atomic E-state index is 12.4. The molecule has 2 amide bonds. The molecule has 1 aromatic carbocycles. The molecule has 0 aliphatic carbocycles. The van der Waals surface area contributed by atoms with Gasteiger partial charge in [-0.15, -0.1) is 0 Å². The summed E-state index contributed by atoms with van der Waals surface area (Å²) in [7, 11) is 1.80. The fourth-order valence-electron chi connectivity index (χ4n) is 3.42. The molecular weight excluding hydrogens is 344 g/mol. The second kappa shape index (κ2) is 8.32. The van der Waals surface area contributed by atoms with Gasteiger partial charge in [0, 0.05) is 39.4 Å².